The van der Waals surface area contributed by atoms with Crippen LogP contribution in [0.3, 0.4) is 0 Å². The van der Waals surface area contributed by atoms with E-state index in [-0.39, 0.29) is 54.1 Å². The quantitative estimate of drug-likeness (QED) is 0.496. The highest BCUT2D eigenvalue weighted by molar-refractivity contribution is 6.32. The number of hydrogen-bond donors (Lipinski definition) is 2. The number of carbonyl (C=O) groups is 1. The Labute approximate surface area is 194 Å². The fourth-order valence-corrected chi connectivity index (χ4v) is 3.56. The molecule has 0 heterocycles. The molecule has 0 spiro atoms. The molecule has 2 atom stereocenters. The first kappa shape index (κ1) is 28.4. The molecule has 0 saturated heterocycles. The first-order valence-electron chi connectivity index (χ1n) is 9.33. The van der Waals surface area contributed by atoms with Crippen LogP contribution >= 0.6 is 36.4 Å². The van der Waals surface area contributed by atoms with Gasteiger partial charge in [-0.05, 0) is 31.5 Å². The highest BCUT2D eigenvalue weighted by atomic mass is 35.5. The van der Waals surface area contributed by atoms with Crippen molar-refractivity contribution in [3.63, 3.8) is 0 Å². The molecule has 0 aliphatic rings. The van der Waals surface area contributed by atoms with Crippen molar-refractivity contribution in [3.05, 3.63) is 58.9 Å². The summed E-state index contributed by atoms with van der Waals surface area (Å²) < 4.78 is 21.1. The van der Waals surface area contributed by atoms with Crippen LogP contribution in [0.15, 0.2) is 42.5 Å². The van der Waals surface area contributed by atoms with Crippen molar-refractivity contribution in [1.82, 2.24) is 4.90 Å². The van der Waals surface area contributed by atoms with Crippen LogP contribution in [0, 0.1) is 5.82 Å². The smallest absolute Gasteiger partial charge is 0.218 e. The second kappa shape index (κ2) is 13.7. The monoisotopic (exact) mass is 479 g/mol. The highest BCUT2D eigenvalue weighted by Gasteiger charge is 2.28. The minimum atomic E-state index is -0.517. The molecule has 0 aliphatic heterocycles. The van der Waals surface area contributed by atoms with Crippen LogP contribution in [0.25, 0.3) is 0 Å². The molecule has 9 heteroatoms. The summed E-state index contributed by atoms with van der Waals surface area (Å²) in [5, 5.41) is 0.190. The molecular formula is C21H29Cl3FN3O2. The van der Waals surface area contributed by atoms with Gasteiger partial charge in [-0.1, -0.05) is 42.8 Å². The van der Waals surface area contributed by atoms with Crippen LogP contribution < -0.4 is 16.2 Å². The summed E-state index contributed by atoms with van der Waals surface area (Å²) in [6, 6.07) is 11.7. The van der Waals surface area contributed by atoms with E-state index in [1.54, 1.807) is 36.4 Å². The van der Waals surface area contributed by atoms with Gasteiger partial charge in [-0.25, -0.2) is 4.39 Å². The van der Waals surface area contributed by atoms with Crippen molar-refractivity contribution >= 4 is 42.3 Å². The lowest BCUT2D eigenvalue weighted by molar-refractivity contribution is -0.119. The maximum atomic E-state index is 15.4. The third kappa shape index (κ3) is 7.29. The van der Waals surface area contributed by atoms with Gasteiger partial charge in [-0.2, -0.15) is 0 Å². The Morgan fingerprint density at radius 2 is 1.83 bits per heavy atom. The molecule has 0 bridgehead atoms. The van der Waals surface area contributed by atoms with Gasteiger partial charge in [0.1, 0.15) is 5.75 Å². The first-order valence-corrected chi connectivity index (χ1v) is 9.71. The molecule has 0 radical (unpaired) electrons. The van der Waals surface area contributed by atoms with Gasteiger partial charge < -0.3 is 16.2 Å². The van der Waals surface area contributed by atoms with E-state index >= 15 is 4.39 Å². The summed E-state index contributed by atoms with van der Waals surface area (Å²) >= 11 is 6.21. The van der Waals surface area contributed by atoms with Crippen LogP contribution in [0.2, 0.25) is 5.02 Å². The van der Waals surface area contributed by atoms with E-state index in [9.17, 15) is 4.79 Å². The van der Waals surface area contributed by atoms with Crippen LogP contribution in [0.5, 0.6) is 11.5 Å². The molecule has 2 rings (SSSR count). The van der Waals surface area contributed by atoms with E-state index in [4.69, 9.17) is 27.8 Å². The third-order valence-electron chi connectivity index (χ3n) is 4.64. The molecule has 0 fully saturated rings. The average Bonchev–Trinajstić information content (AvgIpc) is 2.66. The van der Waals surface area contributed by atoms with Crippen molar-refractivity contribution in [1.29, 1.82) is 0 Å². The van der Waals surface area contributed by atoms with Gasteiger partial charge in [0.15, 0.2) is 11.6 Å². The third-order valence-corrected chi connectivity index (χ3v) is 4.94. The van der Waals surface area contributed by atoms with Crippen LogP contribution in [0.4, 0.5) is 4.39 Å². The Morgan fingerprint density at radius 3 is 2.37 bits per heavy atom. The maximum absolute atomic E-state index is 15.4. The molecule has 5 nitrogen and oxygen atoms in total. The lowest BCUT2D eigenvalue weighted by Crippen LogP contribution is -2.42. The first-order chi connectivity index (χ1) is 13.4. The summed E-state index contributed by atoms with van der Waals surface area (Å²) in [5.41, 5.74) is 11.6. The van der Waals surface area contributed by atoms with Gasteiger partial charge in [0.25, 0.3) is 0 Å². The Morgan fingerprint density at radius 1 is 1.20 bits per heavy atom. The Kier molecular flexibility index (Phi) is 13.0. The number of ether oxygens (including phenoxy) is 1. The number of para-hydroxylation sites is 1. The Hall–Kier alpha value is -1.57. The predicted octanol–water partition coefficient (Wildman–Crippen LogP) is 5.09. The van der Waals surface area contributed by atoms with Gasteiger partial charge in [-0.15, -0.1) is 24.8 Å². The second-order valence-electron chi connectivity index (χ2n) is 6.66. The van der Waals surface area contributed by atoms with E-state index in [0.717, 1.165) is 0 Å². The number of primary amides is 1. The molecular weight excluding hydrogens is 452 g/mol. The van der Waals surface area contributed by atoms with Gasteiger partial charge in [0.2, 0.25) is 5.91 Å². The lowest BCUT2D eigenvalue weighted by atomic mass is 9.98. The van der Waals surface area contributed by atoms with Crippen molar-refractivity contribution in [3.8, 4) is 11.5 Å². The minimum Gasteiger partial charge on any atom is -0.453 e. The number of carbonyl (C=O) groups excluding carboxylic acids is 1. The fraction of sp³-hybridized carbons (Fsp3) is 0.381. The van der Waals surface area contributed by atoms with E-state index in [0.29, 0.717) is 30.8 Å². The summed E-state index contributed by atoms with van der Waals surface area (Å²) in [4.78, 5) is 13.4. The summed E-state index contributed by atoms with van der Waals surface area (Å²) in [7, 11) is 0. The van der Waals surface area contributed by atoms with Gasteiger partial charge >= 0.3 is 0 Å². The molecule has 2 aromatic rings. The predicted molar refractivity (Wildman–Crippen MR) is 124 cm³/mol. The maximum Gasteiger partial charge on any atom is 0.218 e. The molecule has 1 amide bonds. The molecule has 1 unspecified atom stereocenters. The van der Waals surface area contributed by atoms with Crippen molar-refractivity contribution in [2.75, 3.05) is 13.1 Å². The number of amides is 1. The van der Waals surface area contributed by atoms with Crippen molar-refractivity contribution in [2.24, 2.45) is 11.5 Å². The van der Waals surface area contributed by atoms with Crippen LogP contribution in [-0.4, -0.2) is 29.9 Å². The zero-order valence-corrected chi connectivity index (χ0v) is 19.4. The minimum absolute atomic E-state index is 0. The summed E-state index contributed by atoms with van der Waals surface area (Å²) in [6.07, 6.45) is 0.783. The van der Waals surface area contributed by atoms with E-state index in [2.05, 4.69) is 0 Å². The zero-order valence-electron chi connectivity index (χ0n) is 17.0. The second-order valence-corrected chi connectivity index (χ2v) is 7.07. The van der Waals surface area contributed by atoms with Gasteiger partial charge in [0.05, 0.1) is 5.02 Å². The zero-order chi connectivity index (χ0) is 20.7. The van der Waals surface area contributed by atoms with E-state index in [1.807, 2.05) is 24.8 Å². The number of halogens is 4. The fourth-order valence-electron chi connectivity index (χ4n) is 3.38. The van der Waals surface area contributed by atoms with Crippen LogP contribution in [0.1, 0.15) is 38.3 Å². The molecule has 30 heavy (non-hydrogen) atoms. The number of nitrogens with zero attached hydrogens (tertiary/aromatic N) is 1. The Balaban J connectivity index is 0.00000420. The number of nitrogens with two attached hydrogens (primary N) is 2. The largest absolute Gasteiger partial charge is 0.453 e. The number of rotatable bonds is 10. The van der Waals surface area contributed by atoms with Crippen LogP contribution in [-0.2, 0) is 4.79 Å². The number of benzene rings is 2. The lowest BCUT2D eigenvalue weighted by Gasteiger charge is -2.36. The SMILES string of the molecule is CC[C@H](c1ccc(Cl)c(Oc2ccccc2)c1F)N(CCN)C(C)CC(N)=O.Cl.Cl. The standard InChI is InChI=1S/C21H27ClFN3O2.2ClH/c1-3-18(26(12-11-24)14(2)13-19(25)27)16-9-10-17(22)21(20(16)23)28-15-7-5-4-6-8-15;;/h4-10,14,18H,3,11-13,24H2,1-2H3,(H2,25,27);2*1H/t14?,18-;;/m1../s1. The molecule has 168 valence electrons. The topological polar surface area (TPSA) is 81.6 Å². The average molecular weight is 481 g/mol. The Bertz CT molecular complexity index is 797. The van der Waals surface area contributed by atoms with Crippen molar-refractivity contribution < 1.29 is 13.9 Å². The summed E-state index contributed by atoms with van der Waals surface area (Å²) in [6.45, 7) is 4.72. The van der Waals surface area contributed by atoms with Gasteiger partial charge in [0, 0.05) is 37.2 Å². The molecule has 4 N–H and O–H groups in total. The molecule has 0 aromatic heterocycles. The van der Waals surface area contributed by atoms with Crippen molar-refractivity contribution in [2.45, 2.75) is 38.8 Å². The van der Waals surface area contributed by atoms with E-state index < -0.39 is 11.7 Å². The van der Waals surface area contributed by atoms with Gasteiger partial charge in [-0.3, -0.25) is 9.69 Å². The normalized spacial score (nSPS) is 12.5. The molecule has 2 aromatic carbocycles. The molecule has 0 aliphatic carbocycles. The summed E-state index contributed by atoms with van der Waals surface area (Å²) in [5.74, 6) is -0.445. The van der Waals surface area contributed by atoms with E-state index in [1.165, 1.54) is 0 Å². The molecule has 0 saturated carbocycles. The number of hydrogen-bond acceptors (Lipinski definition) is 4. The highest BCUT2D eigenvalue weighted by Crippen LogP contribution is 2.38.